The summed E-state index contributed by atoms with van der Waals surface area (Å²) in [6.45, 7) is 7.94. The van der Waals surface area contributed by atoms with Gasteiger partial charge in [-0.2, -0.15) is 0 Å². The van der Waals surface area contributed by atoms with Crippen molar-refractivity contribution in [3.05, 3.63) is 89.6 Å². The molecule has 1 aliphatic rings. The van der Waals surface area contributed by atoms with Crippen LogP contribution in [0.1, 0.15) is 47.1 Å². The number of allylic oxidation sites excluding steroid dienone is 1. The van der Waals surface area contributed by atoms with Crippen LogP contribution in [0.3, 0.4) is 0 Å². The van der Waals surface area contributed by atoms with Gasteiger partial charge in [-0.05, 0) is 38.1 Å². The zero-order valence-electron chi connectivity index (χ0n) is 14.9. The third-order valence-electron chi connectivity index (χ3n) is 5.00. The molecule has 1 atom stereocenters. The van der Waals surface area contributed by atoms with Crippen LogP contribution in [0, 0.1) is 0 Å². The lowest BCUT2D eigenvalue weighted by Crippen LogP contribution is -2.27. The Kier molecular flexibility index (Phi) is 3.92. The number of hydrogen-bond donors (Lipinski definition) is 0. The number of pyridine rings is 1. The number of rotatable bonds is 3. The van der Waals surface area contributed by atoms with E-state index in [-0.39, 0.29) is 11.9 Å². The van der Waals surface area contributed by atoms with Gasteiger partial charge >= 0.3 is 0 Å². The quantitative estimate of drug-likeness (QED) is 0.634. The number of hydrogen-bond acceptors (Lipinski definition) is 2. The molecule has 3 aromatic rings. The molecule has 0 bridgehead atoms. The Hall–Kier alpha value is -3.20. The van der Waals surface area contributed by atoms with E-state index >= 15 is 0 Å². The number of nitrogens with zero attached hydrogens (tertiary/aromatic N) is 2. The van der Waals surface area contributed by atoms with E-state index < -0.39 is 0 Å². The summed E-state index contributed by atoms with van der Waals surface area (Å²) < 4.78 is 0. The van der Waals surface area contributed by atoms with Crippen molar-refractivity contribution < 1.29 is 4.79 Å². The van der Waals surface area contributed by atoms with Crippen molar-refractivity contribution in [3.63, 3.8) is 0 Å². The summed E-state index contributed by atoms with van der Waals surface area (Å²) in [4.78, 5) is 19.7. The maximum absolute atomic E-state index is 13.1. The molecule has 1 amide bonds. The highest BCUT2D eigenvalue weighted by Gasteiger charge is 2.35. The third kappa shape index (κ3) is 2.36. The molecule has 0 N–H and O–H groups in total. The largest absolute Gasteiger partial charge is 0.301 e. The van der Waals surface area contributed by atoms with Gasteiger partial charge in [0.1, 0.15) is 0 Å². The number of aromatic nitrogens is 1. The van der Waals surface area contributed by atoms with Crippen LogP contribution in [0.25, 0.3) is 22.7 Å². The molecule has 0 saturated heterocycles. The molecule has 0 radical (unpaired) electrons. The lowest BCUT2D eigenvalue weighted by atomic mass is 10.0. The van der Waals surface area contributed by atoms with Crippen LogP contribution in [-0.4, -0.2) is 15.8 Å². The van der Waals surface area contributed by atoms with Crippen LogP contribution in [0.4, 0.5) is 0 Å². The van der Waals surface area contributed by atoms with Gasteiger partial charge < -0.3 is 4.90 Å². The molecule has 3 heteroatoms. The Bertz CT molecular complexity index is 1060. The van der Waals surface area contributed by atoms with Crippen LogP contribution < -0.4 is 0 Å². The molecule has 0 spiro atoms. The van der Waals surface area contributed by atoms with Crippen molar-refractivity contribution in [2.24, 2.45) is 0 Å². The fourth-order valence-electron chi connectivity index (χ4n) is 3.73. The SMILES string of the molecule is C=Cc1nc2ccccc2cc1C(C)N1C(=O)c2ccccc2C1=CC. The molecular weight excluding hydrogens is 320 g/mol. The number of fused-ring (bicyclic) bond motifs is 2. The van der Waals surface area contributed by atoms with E-state index in [2.05, 4.69) is 12.6 Å². The molecule has 0 fully saturated rings. The highest BCUT2D eigenvalue weighted by Crippen LogP contribution is 2.40. The van der Waals surface area contributed by atoms with Crippen molar-refractivity contribution >= 4 is 28.6 Å². The van der Waals surface area contributed by atoms with E-state index in [1.54, 1.807) is 6.08 Å². The second-order valence-electron chi connectivity index (χ2n) is 6.43. The standard InChI is InChI=1S/C23H20N2O/c1-4-20-19(14-16-10-6-9-13-21(16)24-20)15(3)25-22(5-2)17-11-7-8-12-18(17)23(25)26/h4-15H,1H2,2-3H3. The van der Waals surface area contributed by atoms with Crippen LogP contribution in [0.15, 0.2) is 67.3 Å². The highest BCUT2D eigenvalue weighted by atomic mass is 16.2. The fraction of sp³-hybridized carbons (Fsp3) is 0.130. The molecule has 4 rings (SSSR count). The van der Waals surface area contributed by atoms with E-state index in [1.165, 1.54) is 0 Å². The zero-order chi connectivity index (χ0) is 18.3. The van der Waals surface area contributed by atoms with Gasteiger partial charge in [0.25, 0.3) is 5.91 Å². The van der Waals surface area contributed by atoms with Gasteiger partial charge in [0.15, 0.2) is 0 Å². The Balaban J connectivity index is 1.86. The summed E-state index contributed by atoms with van der Waals surface area (Å²) in [6.07, 6.45) is 3.77. The molecular formula is C23H20N2O. The van der Waals surface area contributed by atoms with Crippen LogP contribution in [-0.2, 0) is 0 Å². The number of para-hydroxylation sites is 1. The number of amides is 1. The lowest BCUT2D eigenvalue weighted by molar-refractivity contribution is 0.0811. The van der Waals surface area contributed by atoms with Crippen molar-refractivity contribution in [1.82, 2.24) is 9.88 Å². The molecule has 2 aromatic carbocycles. The molecule has 0 saturated carbocycles. The Morgan fingerprint density at radius 3 is 2.50 bits per heavy atom. The molecule has 1 unspecified atom stereocenters. The highest BCUT2D eigenvalue weighted by molar-refractivity contribution is 6.09. The maximum atomic E-state index is 13.1. The first-order valence-electron chi connectivity index (χ1n) is 8.77. The smallest absolute Gasteiger partial charge is 0.259 e. The molecule has 128 valence electrons. The minimum atomic E-state index is -0.147. The minimum Gasteiger partial charge on any atom is -0.301 e. The monoisotopic (exact) mass is 340 g/mol. The normalized spacial score (nSPS) is 16.2. The average molecular weight is 340 g/mol. The zero-order valence-corrected chi connectivity index (χ0v) is 14.9. The van der Waals surface area contributed by atoms with Gasteiger partial charge in [0.2, 0.25) is 0 Å². The van der Waals surface area contributed by atoms with E-state index in [1.807, 2.05) is 73.4 Å². The van der Waals surface area contributed by atoms with E-state index in [0.717, 1.165) is 39.0 Å². The summed E-state index contributed by atoms with van der Waals surface area (Å²) in [5, 5.41) is 1.06. The topological polar surface area (TPSA) is 33.2 Å². The van der Waals surface area contributed by atoms with Gasteiger partial charge in [-0.25, -0.2) is 4.98 Å². The molecule has 26 heavy (non-hydrogen) atoms. The summed E-state index contributed by atoms with van der Waals surface area (Å²) in [7, 11) is 0. The maximum Gasteiger partial charge on any atom is 0.259 e. The first-order chi connectivity index (χ1) is 12.7. The second kappa shape index (κ2) is 6.26. The van der Waals surface area contributed by atoms with Gasteiger partial charge in [-0.15, -0.1) is 0 Å². The first-order valence-corrected chi connectivity index (χ1v) is 8.77. The number of carbonyl (C=O) groups is 1. The molecule has 1 aromatic heterocycles. The fourth-order valence-corrected chi connectivity index (χ4v) is 3.73. The Morgan fingerprint density at radius 2 is 1.77 bits per heavy atom. The molecule has 0 aliphatic carbocycles. The van der Waals surface area contributed by atoms with Crippen molar-refractivity contribution in [3.8, 4) is 0 Å². The Labute approximate surface area is 153 Å². The van der Waals surface area contributed by atoms with Gasteiger partial charge in [0.05, 0.1) is 17.3 Å². The second-order valence-corrected chi connectivity index (χ2v) is 6.43. The number of carbonyl (C=O) groups excluding carboxylic acids is 1. The lowest BCUT2D eigenvalue weighted by Gasteiger charge is -2.27. The Morgan fingerprint density at radius 1 is 1.08 bits per heavy atom. The van der Waals surface area contributed by atoms with Crippen molar-refractivity contribution in [2.45, 2.75) is 19.9 Å². The summed E-state index contributed by atoms with van der Waals surface area (Å²) in [5.41, 5.74) is 5.43. The van der Waals surface area contributed by atoms with Gasteiger partial charge in [-0.1, -0.05) is 49.1 Å². The van der Waals surface area contributed by atoms with Crippen LogP contribution in [0.2, 0.25) is 0 Å². The average Bonchev–Trinajstić information content (AvgIpc) is 2.98. The molecule has 2 heterocycles. The third-order valence-corrected chi connectivity index (χ3v) is 5.00. The van der Waals surface area contributed by atoms with E-state index in [9.17, 15) is 4.79 Å². The van der Waals surface area contributed by atoms with Gasteiger partial charge in [-0.3, -0.25) is 4.79 Å². The van der Waals surface area contributed by atoms with Crippen LogP contribution in [0.5, 0.6) is 0 Å². The summed E-state index contributed by atoms with van der Waals surface area (Å²) in [5.74, 6) is 0.0318. The summed E-state index contributed by atoms with van der Waals surface area (Å²) in [6, 6.07) is 17.8. The predicted octanol–water partition coefficient (Wildman–Crippen LogP) is 5.46. The van der Waals surface area contributed by atoms with E-state index in [0.29, 0.717) is 0 Å². The van der Waals surface area contributed by atoms with Gasteiger partial charge in [0, 0.05) is 27.8 Å². The van der Waals surface area contributed by atoms with Crippen molar-refractivity contribution in [2.75, 3.05) is 0 Å². The predicted molar refractivity (Wildman–Crippen MR) is 107 cm³/mol. The molecule has 3 nitrogen and oxygen atoms in total. The minimum absolute atomic E-state index is 0.0318. The summed E-state index contributed by atoms with van der Waals surface area (Å²) >= 11 is 0. The molecule has 1 aliphatic heterocycles. The van der Waals surface area contributed by atoms with Crippen molar-refractivity contribution in [1.29, 1.82) is 0 Å². The van der Waals surface area contributed by atoms with Crippen LogP contribution >= 0.6 is 0 Å². The van der Waals surface area contributed by atoms with E-state index in [4.69, 9.17) is 4.98 Å². The number of benzene rings is 2. The first kappa shape index (κ1) is 16.3.